The average molecular weight is 398 g/mol. The average Bonchev–Trinajstić information content (AvgIpc) is 3.34. The van der Waals surface area contributed by atoms with E-state index >= 15 is 0 Å². The van der Waals surface area contributed by atoms with Crippen molar-refractivity contribution in [3.05, 3.63) is 24.2 Å². The van der Waals surface area contributed by atoms with E-state index < -0.39 is 6.09 Å². The Kier molecular flexibility index (Phi) is 4.48. The summed E-state index contributed by atoms with van der Waals surface area (Å²) in [6.45, 7) is 10.5. The summed E-state index contributed by atoms with van der Waals surface area (Å²) in [5.41, 5.74) is 3.23. The summed E-state index contributed by atoms with van der Waals surface area (Å²) in [5.74, 6) is 0.474. The summed E-state index contributed by atoms with van der Waals surface area (Å²) in [6.07, 6.45) is 2.61. The monoisotopic (exact) mass is 398 g/mol. The van der Waals surface area contributed by atoms with Gasteiger partial charge in [-0.05, 0) is 40.7 Å². The number of nitrogens with one attached hydrogen (secondary N) is 1. The van der Waals surface area contributed by atoms with Gasteiger partial charge in [-0.15, -0.1) is 0 Å². The van der Waals surface area contributed by atoms with Crippen LogP contribution in [0.1, 0.15) is 33.4 Å². The van der Waals surface area contributed by atoms with E-state index in [1.807, 2.05) is 42.5 Å². The lowest BCUT2D eigenvalue weighted by Gasteiger charge is -2.19. The first-order chi connectivity index (χ1) is 13.6. The van der Waals surface area contributed by atoms with Crippen LogP contribution in [-0.4, -0.2) is 49.4 Å². The lowest BCUT2D eigenvalue weighted by molar-refractivity contribution is 0.0564. The topological polar surface area (TPSA) is 96.1 Å². The number of fused-ring (bicyclic) bond motifs is 1. The van der Waals surface area contributed by atoms with Crippen molar-refractivity contribution in [2.24, 2.45) is 7.05 Å². The standard InChI is InChI=1S/C20H26N6O3/c1-11-17-15(24-25(11)6)7-14(13-8-22-26(10-13)20(3,4)5)23-18(17)28-12(2)16-9-21-19(27)29-16/h7-8,10,12,16H,9H2,1-6H3,(H,21,27)/t12?,16-/m1/s1. The first kappa shape index (κ1) is 19.2. The molecule has 9 nitrogen and oxygen atoms in total. The first-order valence-electron chi connectivity index (χ1n) is 9.64. The van der Waals surface area contributed by atoms with Gasteiger partial charge in [0, 0.05) is 24.5 Å². The van der Waals surface area contributed by atoms with Crippen LogP contribution in [0.3, 0.4) is 0 Å². The zero-order valence-corrected chi connectivity index (χ0v) is 17.6. The van der Waals surface area contributed by atoms with Gasteiger partial charge in [0.15, 0.2) is 6.10 Å². The number of alkyl carbamates (subject to hydrolysis) is 1. The van der Waals surface area contributed by atoms with Crippen molar-refractivity contribution in [3.63, 3.8) is 0 Å². The Hall–Kier alpha value is -3.10. The summed E-state index contributed by atoms with van der Waals surface area (Å²) >= 11 is 0. The molecule has 29 heavy (non-hydrogen) atoms. The fourth-order valence-corrected chi connectivity index (χ4v) is 3.30. The molecule has 1 amide bonds. The highest BCUT2D eigenvalue weighted by molar-refractivity contribution is 5.89. The molecular formula is C20H26N6O3. The molecule has 0 bridgehead atoms. The van der Waals surface area contributed by atoms with Crippen LogP contribution in [0.5, 0.6) is 5.88 Å². The van der Waals surface area contributed by atoms with E-state index in [0.29, 0.717) is 12.4 Å². The highest BCUT2D eigenvalue weighted by Crippen LogP contribution is 2.32. The fraction of sp³-hybridized carbons (Fsp3) is 0.500. The minimum absolute atomic E-state index is 0.128. The molecule has 4 rings (SSSR count). The van der Waals surface area contributed by atoms with E-state index in [1.165, 1.54) is 0 Å². The molecule has 2 atom stereocenters. The largest absolute Gasteiger partial charge is 0.470 e. The van der Waals surface area contributed by atoms with Gasteiger partial charge in [-0.25, -0.2) is 9.78 Å². The number of ether oxygens (including phenoxy) is 2. The molecule has 1 N–H and O–H groups in total. The maximum Gasteiger partial charge on any atom is 0.407 e. The summed E-state index contributed by atoms with van der Waals surface area (Å²) < 4.78 is 15.2. The summed E-state index contributed by atoms with van der Waals surface area (Å²) in [4.78, 5) is 16.2. The van der Waals surface area contributed by atoms with Gasteiger partial charge in [0.2, 0.25) is 5.88 Å². The predicted octanol–water partition coefficient (Wildman–Crippen LogP) is 2.77. The Morgan fingerprint density at radius 1 is 1.38 bits per heavy atom. The molecule has 0 spiro atoms. The Labute approximate surface area is 169 Å². The van der Waals surface area contributed by atoms with E-state index in [-0.39, 0.29) is 17.7 Å². The van der Waals surface area contributed by atoms with Crippen LogP contribution in [0.2, 0.25) is 0 Å². The number of hydrogen-bond donors (Lipinski definition) is 1. The van der Waals surface area contributed by atoms with E-state index in [1.54, 1.807) is 6.20 Å². The molecule has 1 unspecified atom stereocenters. The van der Waals surface area contributed by atoms with Crippen molar-refractivity contribution < 1.29 is 14.3 Å². The second-order valence-corrected chi connectivity index (χ2v) is 8.41. The van der Waals surface area contributed by atoms with E-state index in [2.05, 4.69) is 36.3 Å². The van der Waals surface area contributed by atoms with Crippen LogP contribution < -0.4 is 10.1 Å². The Balaban J connectivity index is 1.75. The molecule has 1 fully saturated rings. The number of aryl methyl sites for hydroxylation is 2. The Morgan fingerprint density at radius 3 is 2.76 bits per heavy atom. The smallest absolute Gasteiger partial charge is 0.407 e. The van der Waals surface area contributed by atoms with Gasteiger partial charge in [0.25, 0.3) is 0 Å². The highest BCUT2D eigenvalue weighted by Gasteiger charge is 2.30. The second kappa shape index (κ2) is 6.75. The van der Waals surface area contributed by atoms with Crippen LogP contribution in [-0.2, 0) is 17.3 Å². The van der Waals surface area contributed by atoms with Gasteiger partial charge in [-0.3, -0.25) is 9.36 Å². The quantitative estimate of drug-likeness (QED) is 0.726. The highest BCUT2D eigenvalue weighted by atomic mass is 16.6. The molecule has 1 saturated heterocycles. The molecule has 3 aromatic rings. The number of aromatic nitrogens is 5. The number of cyclic esters (lactones) is 1. The van der Waals surface area contributed by atoms with Crippen LogP contribution >= 0.6 is 0 Å². The number of hydrogen-bond acceptors (Lipinski definition) is 6. The van der Waals surface area contributed by atoms with Gasteiger partial charge < -0.3 is 14.8 Å². The van der Waals surface area contributed by atoms with Crippen molar-refractivity contribution in [1.29, 1.82) is 0 Å². The molecule has 4 heterocycles. The second-order valence-electron chi connectivity index (χ2n) is 8.41. The van der Waals surface area contributed by atoms with Gasteiger partial charge in [0.1, 0.15) is 11.6 Å². The summed E-state index contributed by atoms with van der Waals surface area (Å²) in [5, 5.41) is 12.6. The molecule has 0 radical (unpaired) electrons. The molecular weight excluding hydrogens is 372 g/mol. The zero-order valence-electron chi connectivity index (χ0n) is 17.6. The van der Waals surface area contributed by atoms with Gasteiger partial charge in [-0.2, -0.15) is 10.2 Å². The van der Waals surface area contributed by atoms with Crippen molar-refractivity contribution in [3.8, 4) is 17.1 Å². The fourth-order valence-electron chi connectivity index (χ4n) is 3.30. The molecule has 9 heteroatoms. The number of nitrogens with zero attached hydrogens (tertiary/aromatic N) is 5. The van der Waals surface area contributed by atoms with Crippen LogP contribution in [0.15, 0.2) is 18.5 Å². The van der Waals surface area contributed by atoms with E-state index in [4.69, 9.17) is 14.5 Å². The maximum atomic E-state index is 11.4. The lowest BCUT2D eigenvalue weighted by Crippen LogP contribution is -2.32. The Morgan fingerprint density at radius 2 is 2.14 bits per heavy atom. The molecule has 0 saturated carbocycles. The Bertz CT molecular complexity index is 1080. The van der Waals surface area contributed by atoms with Gasteiger partial charge >= 0.3 is 6.09 Å². The third-order valence-corrected chi connectivity index (χ3v) is 5.16. The molecule has 0 aliphatic carbocycles. The van der Waals surface area contributed by atoms with E-state index in [9.17, 15) is 4.79 Å². The number of amides is 1. The number of carbonyl (C=O) groups is 1. The van der Waals surface area contributed by atoms with Crippen LogP contribution in [0.4, 0.5) is 4.79 Å². The molecule has 1 aliphatic rings. The van der Waals surface area contributed by atoms with E-state index in [0.717, 1.165) is 27.9 Å². The lowest BCUT2D eigenvalue weighted by atomic mass is 10.1. The zero-order chi connectivity index (χ0) is 20.9. The minimum Gasteiger partial charge on any atom is -0.470 e. The molecule has 3 aromatic heterocycles. The third-order valence-electron chi connectivity index (χ3n) is 5.16. The van der Waals surface area contributed by atoms with Crippen molar-refractivity contribution in [2.75, 3.05) is 6.54 Å². The third kappa shape index (κ3) is 3.52. The molecule has 154 valence electrons. The van der Waals surface area contributed by atoms with Crippen molar-refractivity contribution in [1.82, 2.24) is 29.9 Å². The van der Waals surface area contributed by atoms with Crippen molar-refractivity contribution >= 4 is 17.0 Å². The van der Waals surface area contributed by atoms with Gasteiger partial charge in [-0.1, -0.05) is 0 Å². The summed E-state index contributed by atoms with van der Waals surface area (Å²) in [6, 6.07) is 1.95. The minimum atomic E-state index is -0.426. The number of rotatable bonds is 4. The summed E-state index contributed by atoms with van der Waals surface area (Å²) in [7, 11) is 1.89. The van der Waals surface area contributed by atoms with Gasteiger partial charge in [0.05, 0.1) is 29.4 Å². The number of carbonyl (C=O) groups excluding carboxylic acids is 1. The molecule has 0 aromatic carbocycles. The normalized spacial score (nSPS) is 18.0. The molecule has 1 aliphatic heterocycles. The van der Waals surface area contributed by atoms with Crippen molar-refractivity contribution in [2.45, 2.75) is 52.4 Å². The van der Waals surface area contributed by atoms with Crippen LogP contribution in [0, 0.1) is 6.92 Å². The SMILES string of the molecule is Cc1c2c(OC(C)[C@H]3CNC(=O)O3)nc(-c3cnn(C(C)(C)C)c3)cc2nn1C. The number of pyridine rings is 1. The maximum absolute atomic E-state index is 11.4. The first-order valence-corrected chi connectivity index (χ1v) is 9.64. The predicted molar refractivity (Wildman–Crippen MR) is 108 cm³/mol. The van der Waals surface area contributed by atoms with Crippen LogP contribution in [0.25, 0.3) is 22.2 Å².